The second-order valence-corrected chi connectivity index (χ2v) is 4.49. The van der Waals surface area contributed by atoms with E-state index in [4.69, 9.17) is 20.9 Å². The van der Waals surface area contributed by atoms with Crippen molar-refractivity contribution in [2.45, 2.75) is 0 Å². The molecular weight excluding hydrogens is 232 g/mol. The molecule has 3 rings (SSSR count). The normalized spacial score (nSPS) is 18.8. The number of piperazine rings is 1. The number of hydrogen-bond donors (Lipinski definition) is 3. The Balaban J connectivity index is 2.07. The Hall–Kier alpha value is -1.82. The number of rotatable bonds is 1. The van der Waals surface area contributed by atoms with Crippen molar-refractivity contribution in [1.82, 2.24) is 5.32 Å². The molecule has 1 saturated heterocycles. The summed E-state index contributed by atoms with van der Waals surface area (Å²) in [6.07, 6.45) is 0. The van der Waals surface area contributed by atoms with Crippen molar-refractivity contribution in [3.63, 3.8) is 0 Å². The van der Waals surface area contributed by atoms with Crippen molar-refractivity contribution >= 4 is 17.1 Å². The van der Waals surface area contributed by atoms with Crippen LogP contribution in [0.5, 0.6) is 11.5 Å². The monoisotopic (exact) mass is 250 g/mol. The lowest BCUT2D eigenvalue weighted by molar-refractivity contribution is 0.172. The molecular formula is C12H18N4O2. The van der Waals surface area contributed by atoms with Crippen molar-refractivity contribution in [1.29, 1.82) is 0 Å². The number of nitrogen functional groups attached to an aromatic ring is 2. The van der Waals surface area contributed by atoms with Crippen LogP contribution in [0.2, 0.25) is 0 Å². The van der Waals surface area contributed by atoms with E-state index >= 15 is 0 Å². The van der Waals surface area contributed by atoms with Crippen LogP contribution in [0, 0.1) is 0 Å². The van der Waals surface area contributed by atoms with Crippen molar-refractivity contribution in [2.24, 2.45) is 0 Å². The molecule has 0 bridgehead atoms. The van der Waals surface area contributed by atoms with Crippen molar-refractivity contribution in [2.75, 3.05) is 55.8 Å². The van der Waals surface area contributed by atoms with Crippen molar-refractivity contribution in [3.8, 4) is 11.5 Å². The molecule has 2 aliphatic rings. The van der Waals surface area contributed by atoms with Gasteiger partial charge >= 0.3 is 0 Å². The van der Waals surface area contributed by atoms with E-state index in [1.54, 1.807) is 6.07 Å². The number of hydrogen-bond acceptors (Lipinski definition) is 6. The third-order valence-electron chi connectivity index (χ3n) is 3.31. The van der Waals surface area contributed by atoms with Gasteiger partial charge in [0.2, 0.25) is 0 Å². The summed E-state index contributed by atoms with van der Waals surface area (Å²) in [7, 11) is 0. The third-order valence-corrected chi connectivity index (χ3v) is 3.31. The predicted octanol–water partition coefficient (Wildman–Crippen LogP) is 0.0318. The van der Waals surface area contributed by atoms with Gasteiger partial charge < -0.3 is 31.2 Å². The number of ether oxygens (including phenoxy) is 2. The highest BCUT2D eigenvalue weighted by molar-refractivity contribution is 5.88. The molecule has 0 unspecified atom stereocenters. The molecule has 2 aliphatic heterocycles. The van der Waals surface area contributed by atoms with E-state index < -0.39 is 0 Å². The summed E-state index contributed by atoms with van der Waals surface area (Å²) in [5, 5.41) is 3.31. The molecule has 6 heteroatoms. The molecule has 0 atom stereocenters. The smallest absolute Gasteiger partial charge is 0.186 e. The van der Waals surface area contributed by atoms with Gasteiger partial charge in [-0.05, 0) is 0 Å². The van der Waals surface area contributed by atoms with Crippen LogP contribution < -0.4 is 31.2 Å². The lowest BCUT2D eigenvalue weighted by atomic mass is 10.1. The van der Waals surface area contributed by atoms with Gasteiger partial charge in [-0.1, -0.05) is 0 Å². The van der Waals surface area contributed by atoms with Gasteiger partial charge in [-0.25, -0.2) is 0 Å². The van der Waals surface area contributed by atoms with Crippen LogP contribution >= 0.6 is 0 Å². The predicted molar refractivity (Wildman–Crippen MR) is 71.3 cm³/mol. The molecule has 6 nitrogen and oxygen atoms in total. The average molecular weight is 250 g/mol. The summed E-state index contributed by atoms with van der Waals surface area (Å²) in [5.74, 6) is 1.43. The van der Waals surface area contributed by atoms with Crippen LogP contribution in [0.4, 0.5) is 17.1 Å². The summed E-state index contributed by atoms with van der Waals surface area (Å²) in [6.45, 7) is 4.76. The molecule has 98 valence electrons. The molecule has 0 aliphatic carbocycles. The highest BCUT2D eigenvalue weighted by Crippen LogP contribution is 2.46. The van der Waals surface area contributed by atoms with Gasteiger partial charge in [-0.15, -0.1) is 0 Å². The molecule has 18 heavy (non-hydrogen) atoms. The van der Waals surface area contributed by atoms with Crippen LogP contribution in [0.1, 0.15) is 0 Å². The number of nitrogens with zero attached hydrogens (tertiary/aromatic N) is 1. The summed E-state index contributed by atoms with van der Waals surface area (Å²) in [5.41, 5.74) is 14.1. The summed E-state index contributed by atoms with van der Waals surface area (Å²) < 4.78 is 11.3. The second kappa shape index (κ2) is 4.45. The van der Waals surface area contributed by atoms with Crippen molar-refractivity contribution in [3.05, 3.63) is 6.07 Å². The maximum absolute atomic E-state index is 6.11. The minimum atomic E-state index is 0.549. The fourth-order valence-electron chi connectivity index (χ4n) is 2.40. The largest absolute Gasteiger partial charge is 0.486 e. The first-order valence-electron chi connectivity index (χ1n) is 6.20. The third kappa shape index (κ3) is 1.78. The number of benzene rings is 1. The van der Waals surface area contributed by atoms with Gasteiger partial charge in [0.05, 0.1) is 11.4 Å². The zero-order valence-electron chi connectivity index (χ0n) is 10.2. The average Bonchev–Trinajstić information content (AvgIpc) is 2.41. The lowest BCUT2D eigenvalue weighted by Gasteiger charge is -2.33. The van der Waals surface area contributed by atoms with Crippen LogP contribution in [0.25, 0.3) is 0 Å². The van der Waals surface area contributed by atoms with Crippen LogP contribution in [0.15, 0.2) is 6.07 Å². The van der Waals surface area contributed by atoms with E-state index in [1.165, 1.54) is 0 Å². The fraction of sp³-hybridized carbons (Fsp3) is 0.500. The Labute approximate surface area is 106 Å². The standard InChI is InChI=1S/C12H18N4O2/c13-8-7-9-12(18-6-5-17-9)11(10(8)14)16-3-1-15-2-4-16/h7,15H,1-6,13-14H2. The van der Waals surface area contributed by atoms with E-state index in [1.807, 2.05) is 0 Å². The van der Waals surface area contributed by atoms with E-state index in [0.717, 1.165) is 37.6 Å². The number of fused-ring (bicyclic) bond motifs is 1. The Morgan fingerprint density at radius 2 is 1.83 bits per heavy atom. The van der Waals surface area contributed by atoms with E-state index in [0.29, 0.717) is 30.3 Å². The van der Waals surface area contributed by atoms with Gasteiger partial charge in [-0.3, -0.25) is 0 Å². The second-order valence-electron chi connectivity index (χ2n) is 4.49. The van der Waals surface area contributed by atoms with Crippen LogP contribution in [-0.4, -0.2) is 39.4 Å². The first-order chi connectivity index (χ1) is 8.77. The molecule has 0 aromatic heterocycles. The van der Waals surface area contributed by atoms with E-state index in [-0.39, 0.29) is 0 Å². The van der Waals surface area contributed by atoms with Gasteiger partial charge in [0.15, 0.2) is 11.5 Å². The maximum atomic E-state index is 6.11. The zero-order valence-corrected chi connectivity index (χ0v) is 10.2. The first-order valence-corrected chi connectivity index (χ1v) is 6.20. The van der Waals surface area contributed by atoms with Gasteiger partial charge in [0.1, 0.15) is 18.9 Å². The fourth-order valence-corrected chi connectivity index (χ4v) is 2.40. The van der Waals surface area contributed by atoms with Gasteiger partial charge in [0, 0.05) is 32.2 Å². The Morgan fingerprint density at radius 1 is 1.11 bits per heavy atom. The topological polar surface area (TPSA) is 85.8 Å². The van der Waals surface area contributed by atoms with E-state index in [9.17, 15) is 0 Å². The molecule has 0 spiro atoms. The van der Waals surface area contributed by atoms with Crippen LogP contribution in [-0.2, 0) is 0 Å². The minimum absolute atomic E-state index is 0.549. The molecule has 5 N–H and O–H groups in total. The highest BCUT2D eigenvalue weighted by atomic mass is 16.6. The molecule has 2 heterocycles. The van der Waals surface area contributed by atoms with Gasteiger partial charge in [0.25, 0.3) is 0 Å². The molecule has 0 amide bonds. The molecule has 1 fully saturated rings. The van der Waals surface area contributed by atoms with Crippen molar-refractivity contribution < 1.29 is 9.47 Å². The molecule has 1 aromatic carbocycles. The Bertz CT molecular complexity index is 458. The quantitative estimate of drug-likeness (QED) is 0.610. The lowest BCUT2D eigenvalue weighted by Crippen LogP contribution is -2.44. The SMILES string of the molecule is Nc1cc2c(c(N3CCNCC3)c1N)OCCO2. The number of anilines is 3. The molecule has 1 aromatic rings. The summed E-state index contributed by atoms with van der Waals surface area (Å²) in [4.78, 5) is 2.20. The number of nitrogens with two attached hydrogens (primary N) is 2. The van der Waals surface area contributed by atoms with Gasteiger partial charge in [-0.2, -0.15) is 0 Å². The highest BCUT2D eigenvalue weighted by Gasteiger charge is 2.25. The van der Waals surface area contributed by atoms with E-state index in [2.05, 4.69) is 10.2 Å². The summed E-state index contributed by atoms with van der Waals surface area (Å²) in [6, 6.07) is 1.75. The first kappa shape index (κ1) is 11.3. The molecule has 0 saturated carbocycles. The molecule has 0 radical (unpaired) electrons. The van der Waals surface area contributed by atoms with Crippen LogP contribution in [0.3, 0.4) is 0 Å². The summed E-state index contributed by atoms with van der Waals surface area (Å²) >= 11 is 0. The Kier molecular flexibility index (Phi) is 2.79. The Morgan fingerprint density at radius 3 is 2.61 bits per heavy atom. The number of nitrogens with one attached hydrogen (secondary N) is 1. The minimum Gasteiger partial charge on any atom is -0.486 e. The maximum Gasteiger partial charge on any atom is 0.186 e. The zero-order chi connectivity index (χ0) is 12.5.